The summed E-state index contributed by atoms with van der Waals surface area (Å²) in [4.78, 5) is 12.7. The van der Waals surface area contributed by atoms with Crippen LogP contribution in [0.4, 0.5) is 20.2 Å². The fourth-order valence-corrected chi connectivity index (χ4v) is 2.82. The first-order chi connectivity index (χ1) is 10.4. The molecule has 0 amide bonds. The number of nitrogens with zero attached hydrogens (tertiary/aromatic N) is 2. The minimum atomic E-state index is -2.66. The van der Waals surface area contributed by atoms with E-state index in [1.165, 1.54) is 19.1 Å². The van der Waals surface area contributed by atoms with Crippen LogP contribution in [0.2, 0.25) is 0 Å². The van der Waals surface area contributed by atoms with Gasteiger partial charge in [0.1, 0.15) is 11.4 Å². The molecule has 1 saturated heterocycles. The van der Waals surface area contributed by atoms with Crippen molar-refractivity contribution in [2.75, 3.05) is 31.2 Å². The Hall–Kier alpha value is -1.96. The summed E-state index contributed by atoms with van der Waals surface area (Å²) in [5, 5.41) is 11.3. The number of ether oxygens (including phenoxy) is 2. The number of nitro benzene ring substituents is 1. The van der Waals surface area contributed by atoms with E-state index < -0.39 is 16.9 Å². The number of anilines is 1. The Balaban J connectivity index is 2.00. The predicted molar refractivity (Wildman–Crippen MR) is 74.9 cm³/mol. The van der Waals surface area contributed by atoms with Crippen LogP contribution in [0, 0.1) is 10.1 Å². The number of hydrogen-bond donors (Lipinski definition) is 0. The lowest BCUT2D eigenvalue weighted by molar-refractivity contribution is -0.384. The molecular formula is C14H16F2N2O4. The van der Waals surface area contributed by atoms with E-state index in [2.05, 4.69) is 0 Å². The number of hydrogen-bond acceptors (Lipinski definition) is 5. The number of benzene rings is 1. The molecule has 2 aliphatic heterocycles. The van der Waals surface area contributed by atoms with Gasteiger partial charge in [-0.15, -0.1) is 0 Å². The fourth-order valence-electron chi connectivity index (χ4n) is 2.82. The van der Waals surface area contributed by atoms with E-state index in [9.17, 15) is 18.9 Å². The van der Waals surface area contributed by atoms with Crippen molar-refractivity contribution >= 4 is 11.4 Å². The molecule has 1 unspecified atom stereocenters. The van der Waals surface area contributed by atoms with E-state index in [4.69, 9.17) is 9.47 Å². The summed E-state index contributed by atoms with van der Waals surface area (Å²) in [6, 6.07) is 2.86. The molecule has 0 saturated carbocycles. The Labute approximate surface area is 125 Å². The molecule has 0 aliphatic carbocycles. The van der Waals surface area contributed by atoms with E-state index in [0.717, 1.165) is 0 Å². The Bertz CT molecular complexity index is 605. The molecule has 0 spiro atoms. The number of halogens is 2. The highest BCUT2D eigenvalue weighted by molar-refractivity contribution is 5.69. The van der Waals surface area contributed by atoms with Gasteiger partial charge in [-0.3, -0.25) is 10.1 Å². The Morgan fingerprint density at radius 2 is 2.05 bits per heavy atom. The van der Waals surface area contributed by atoms with Crippen molar-refractivity contribution in [3.05, 3.63) is 27.8 Å². The predicted octanol–water partition coefficient (Wildman–Crippen LogP) is 2.39. The molecule has 8 heteroatoms. The number of rotatable bonds is 3. The van der Waals surface area contributed by atoms with Crippen LogP contribution in [0.5, 0.6) is 5.75 Å². The largest absolute Gasteiger partial charge is 0.481 e. The topological polar surface area (TPSA) is 64.8 Å². The third-order valence-corrected chi connectivity index (χ3v) is 4.05. The maximum Gasteiger partial charge on any atom is 0.293 e. The lowest BCUT2D eigenvalue weighted by atomic mass is 9.99. The molecule has 22 heavy (non-hydrogen) atoms. The van der Waals surface area contributed by atoms with Gasteiger partial charge in [-0.2, -0.15) is 0 Å². The molecular weight excluding hydrogens is 298 g/mol. The Kier molecular flexibility index (Phi) is 3.64. The molecule has 0 bridgehead atoms. The first-order valence-electron chi connectivity index (χ1n) is 7.02. The highest BCUT2D eigenvalue weighted by Gasteiger charge is 2.44. The highest BCUT2D eigenvalue weighted by atomic mass is 19.3. The number of alkyl halides is 2. The van der Waals surface area contributed by atoms with E-state index in [1.54, 1.807) is 0 Å². The zero-order valence-electron chi connectivity index (χ0n) is 12.1. The summed E-state index contributed by atoms with van der Waals surface area (Å²) < 4.78 is 36.9. The van der Waals surface area contributed by atoms with Gasteiger partial charge in [0.05, 0.1) is 18.1 Å². The SMILES string of the molecule is CC1(C(F)F)Cc2cc([N+](=O)[O-])c(N3CCOCC3)cc2O1. The summed E-state index contributed by atoms with van der Waals surface area (Å²) in [6.07, 6.45) is -2.70. The van der Waals surface area contributed by atoms with Crippen molar-refractivity contribution in [2.45, 2.75) is 25.4 Å². The van der Waals surface area contributed by atoms with Crippen molar-refractivity contribution in [2.24, 2.45) is 0 Å². The zero-order chi connectivity index (χ0) is 15.9. The Morgan fingerprint density at radius 1 is 1.36 bits per heavy atom. The normalized spacial score (nSPS) is 24.3. The standard InChI is InChI=1S/C14H16F2N2O4/c1-14(13(15)16)8-9-6-11(18(19)20)10(7-12(9)22-14)17-2-4-21-5-3-17/h6-7,13H,2-5,8H2,1H3. The van der Waals surface area contributed by atoms with Gasteiger partial charge in [-0.25, -0.2) is 8.78 Å². The molecule has 120 valence electrons. The quantitative estimate of drug-likeness (QED) is 0.633. The van der Waals surface area contributed by atoms with Crippen LogP contribution in [0.15, 0.2) is 12.1 Å². The van der Waals surface area contributed by atoms with E-state index in [-0.39, 0.29) is 12.1 Å². The summed E-state index contributed by atoms with van der Waals surface area (Å²) >= 11 is 0. The van der Waals surface area contributed by atoms with E-state index >= 15 is 0 Å². The molecule has 3 rings (SSSR count). The van der Waals surface area contributed by atoms with Gasteiger partial charge in [-0.1, -0.05) is 0 Å². The molecule has 1 fully saturated rings. The van der Waals surface area contributed by atoms with Crippen molar-refractivity contribution in [3.63, 3.8) is 0 Å². The van der Waals surface area contributed by atoms with Crippen LogP contribution in [-0.4, -0.2) is 43.3 Å². The van der Waals surface area contributed by atoms with Crippen LogP contribution < -0.4 is 9.64 Å². The van der Waals surface area contributed by atoms with Crippen molar-refractivity contribution in [3.8, 4) is 5.75 Å². The molecule has 0 aromatic heterocycles. The monoisotopic (exact) mass is 314 g/mol. The van der Waals surface area contributed by atoms with Crippen LogP contribution in [-0.2, 0) is 11.2 Å². The van der Waals surface area contributed by atoms with Gasteiger partial charge in [-0.05, 0) is 6.92 Å². The van der Waals surface area contributed by atoms with Gasteiger partial charge < -0.3 is 14.4 Å². The summed E-state index contributed by atoms with van der Waals surface area (Å²) in [6.45, 7) is 3.31. The molecule has 0 N–H and O–H groups in total. The van der Waals surface area contributed by atoms with Crippen LogP contribution in [0.1, 0.15) is 12.5 Å². The van der Waals surface area contributed by atoms with E-state index in [0.29, 0.717) is 43.3 Å². The van der Waals surface area contributed by atoms with Crippen LogP contribution in [0.25, 0.3) is 0 Å². The number of nitro groups is 1. The summed E-state index contributed by atoms with van der Waals surface area (Å²) in [5.41, 5.74) is -0.861. The molecule has 1 aromatic carbocycles. The third kappa shape index (κ3) is 2.47. The average Bonchev–Trinajstić information content (AvgIpc) is 2.83. The molecule has 0 radical (unpaired) electrons. The van der Waals surface area contributed by atoms with E-state index in [1.807, 2.05) is 4.90 Å². The molecule has 2 heterocycles. The Morgan fingerprint density at radius 3 is 2.64 bits per heavy atom. The third-order valence-electron chi connectivity index (χ3n) is 4.05. The second kappa shape index (κ2) is 5.35. The van der Waals surface area contributed by atoms with Crippen molar-refractivity contribution in [1.82, 2.24) is 0 Å². The van der Waals surface area contributed by atoms with Crippen LogP contribution >= 0.6 is 0 Å². The molecule has 1 atom stereocenters. The molecule has 6 nitrogen and oxygen atoms in total. The maximum absolute atomic E-state index is 13.1. The minimum absolute atomic E-state index is 0.0375. The molecule has 1 aromatic rings. The fraction of sp³-hybridized carbons (Fsp3) is 0.571. The number of morpholine rings is 1. The molecule has 2 aliphatic rings. The lowest BCUT2D eigenvalue weighted by Gasteiger charge is -2.28. The highest BCUT2D eigenvalue weighted by Crippen LogP contribution is 2.44. The average molecular weight is 314 g/mol. The summed E-state index contributed by atoms with van der Waals surface area (Å²) in [7, 11) is 0. The summed E-state index contributed by atoms with van der Waals surface area (Å²) in [5.74, 6) is 0.301. The first kappa shape index (κ1) is 15.0. The van der Waals surface area contributed by atoms with Gasteiger partial charge >= 0.3 is 0 Å². The van der Waals surface area contributed by atoms with Crippen LogP contribution in [0.3, 0.4) is 0 Å². The second-order valence-electron chi connectivity index (χ2n) is 5.70. The van der Waals surface area contributed by atoms with Gasteiger partial charge in [0.15, 0.2) is 5.60 Å². The second-order valence-corrected chi connectivity index (χ2v) is 5.70. The lowest BCUT2D eigenvalue weighted by Crippen LogP contribution is -2.38. The smallest absolute Gasteiger partial charge is 0.293 e. The van der Waals surface area contributed by atoms with Gasteiger partial charge in [0.25, 0.3) is 12.1 Å². The van der Waals surface area contributed by atoms with Crippen molar-refractivity contribution in [1.29, 1.82) is 0 Å². The van der Waals surface area contributed by atoms with Crippen molar-refractivity contribution < 1.29 is 23.2 Å². The maximum atomic E-state index is 13.1. The zero-order valence-corrected chi connectivity index (χ0v) is 12.1. The van der Waals surface area contributed by atoms with Gasteiger partial charge in [0.2, 0.25) is 0 Å². The number of fused-ring (bicyclic) bond motifs is 1. The minimum Gasteiger partial charge on any atom is -0.481 e. The first-order valence-corrected chi connectivity index (χ1v) is 7.02. The van der Waals surface area contributed by atoms with Gasteiger partial charge in [0, 0.05) is 37.2 Å².